The van der Waals surface area contributed by atoms with E-state index in [9.17, 15) is 0 Å². The monoisotopic (exact) mass is 309 g/mol. The molecular formula is C17H24ClNS. The van der Waals surface area contributed by atoms with Crippen molar-refractivity contribution >= 4 is 23.4 Å². The fraction of sp³-hybridized carbons (Fsp3) is 0.647. The summed E-state index contributed by atoms with van der Waals surface area (Å²) >= 11 is 8.05. The highest BCUT2D eigenvalue weighted by atomic mass is 35.5. The Bertz CT molecular complexity index is 458. The van der Waals surface area contributed by atoms with E-state index in [2.05, 4.69) is 12.1 Å². The van der Waals surface area contributed by atoms with Crippen molar-refractivity contribution in [2.75, 3.05) is 6.54 Å². The molecule has 110 valence electrons. The fourth-order valence-corrected chi connectivity index (χ4v) is 6.11. The first-order valence-electron chi connectivity index (χ1n) is 7.80. The Balaban J connectivity index is 1.68. The molecule has 3 heteroatoms. The molecule has 20 heavy (non-hydrogen) atoms. The van der Waals surface area contributed by atoms with Crippen molar-refractivity contribution in [3.05, 3.63) is 29.3 Å². The molecule has 1 spiro atoms. The van der Waals surface area contributed by atoms with E-state index in [0.717, 1.165) is 11.6 Å². The summed E-state index contributed by atoms with van der Waals surface area (Å²) in [4.78, 5) is 1.27. The third-order valence-electron chi connectivity index (χ3n) is 5.06. The Labute approximate surface area is 131 Å². The molecule has 0 unspecified atom stereocenters. The number of hydrogen-bond acceptors (Lipinski definition) is 2. The summed E-state index contributed by atoms with van der Waals surface area (Å²) in [5.74, 6) is 0. The van der Waals surface area contributed by atoms with Gasteiger partial charge in [0.15, 0.2) is 0 Å². The number of halogens is 1. The predicted octanol–water partition coefficient (Wildman–Crippen LogP) is 5.26. The van der Waals surface area contributed by atoms with Gasteiger partial charge in [-0.2, -0.15) is 0 Å². The number of thioether (sulfide) groups is 1. The van der Waals surface area contributed by atoms with Crippen LogP contribution in [0, 0.1) is 5.41 Å². The number of rotatable bonds is 3. The van der Waals surface area contributed by atoms with E-state index < -0.39 is 0 Å². The Morgan fingerprint density at radius 3 is 2.40 bits per heavy atom. The van der Waals surface area contributed by atoms with Gasteiger partial charge in [-0.3, -0.25) is 0 Å². The Kier molecular flexibility index (Phi) is 4.35. The summed E-state index contributed by atoms with van der Waals surface area (Å²) in [6.07, 6.45) is 11.1. The van der Waals surface area contributed by atoms with Crippen LogP contribution in [0.4, 0.5) is 0 Å². The van der Waals surface area contributed by atoms with Crippen molar-refractivity contribution in [3.63, 3.8) is 0 Å². The summed E-state index contributed by atoms with van der Waals surface area (Å²) in [5.41, 5.74) is 6.74. The number of nitrogens with two attached hydrogens (primary N) is 1. The molecule has 1 nitrogen and oxygen atoms in total. The highest BCUT2D eigenvalue weighted by Crippen LogP contribution is 2.62. The first-order chi connectivity index (χ1) is 9.65. The fourth-order valence-electron chi connectivity index (χ4n) is 4.19. The van der Waals surface area contributed by atoms with Crippen LogP contribution in [-0.2, 0) is 0 Å². The second-order valence-corrected chi connectivity index (χ2v) is 8.69. The van der Waals surface area contributed by atoms with Crippen LogP contribution < -0.4 is 5.73 Å². The zero-order chi connectivity index (χ0) is 14.1. The normalized spacial score (nSPS) is 24.1. The van der Waals surface area contributed by atoms with Gasteiger partial charge < -0.3 is 5.73 Å². The maximum absolute atomic E-state index is 6.13. The molecule has 3 rings (SSSR count). The molecule has 0 amide bonds. The number of hydrogen-bond donors (Lipinski definition) is 1. The molecule has 0 aliphatic heterocycles. The maximum Gasteiger partial charge on any atom is 0.0417 e. The van der Waals surface area contributed by atoms with Crippen LogP contribution in [0.25, 0.3) is 0 Å². The molecule has 0 aromatic heterocycles. The van der Waals surface area contributed by atoms with Gasteiger partial charge in [0.05, 0.1) is 0 Å². The van der Waals surface area contributed by atoms with Crippen molar-refractivity contribution in [2.45, 2.75) is 61.0 Å². The van der Waals surface area contributed by atoms with E-state index >= 15 is 0 Å². The third-order valence-corrected chi connectivity index (χ3v) is 6.67. The first kappa shape index (κ1) is 14.7. The van der Waals surface area contributed by atoms with Gasteiger partial charge in [-0.05, 0) is 49.3 Å². The standard InChI is InChI=1S/C17H24ClNS/c18-14-6-5-7-15(10-14)20-17(13-19)11-16(12-17)8-3-1-2-4-9-16/h5-7,10H,1-4,8-9,11-13,19H2. The van der Waals surface area contributed by atoms with Crippen LogP contribution in [0.1, 0.15) is 51.4 Å². The quantitative estimate of drug-likeness (QED) is 0.823. The molecule has 0 saturated heterocycles. The lowest BCUT2D eigenvalue weighted by molar-refractivity contribution is 0.0659. The van der Waals surface area contributed by atoms with Crippen LogP contribution in [0.5, 0.6) is 0 Å². The van der Waals surface area contributed by atoms with Crippen LogP contribution >= 0.6 is 23.4 Å². The van der Waals surface area contributed by atoms with Gasteiger partial charge >= 0.3 is 0 Å². The van der Waals surface area contributed by atoms with Gasteiger partial charge in [-0.1, -0.05) is 43.4 Å². The van der Waals surface area contributed by atoms with Gasteiger partial charge in [0.25, 0.3) is 0 Å². The smallest absolute Gasteiger partial charge is 0.0417 e. The van der Waals surface area contributed by atoms with Crippen LogP contribution in [0.2, 0.25) is 5.02 Å². The molecule has 2 aliphatic carbocycles. The first-order valence-corrected chi connectivity index (χ1v) is 9.00. The molecule has 0 radical (unpaired) electrons. The summed E-state index contributed by atoms with van der Waals surface area (Å²) in [7, 11) is 0. The second-order valence-electron chi connectivity index (χ2n) is 6.71. The van der Waals surface area contributed by atoms with Crippen LogP contribution in [0.3, 0.4) is 0 Å². The molecular weight excluding hydrogens is 286 g/mol. The van der Waals surface area contributed by atoms with Crippen molar-refractivity contribution in [1.29, 1.82) is 0 Å². The molecule has 2 saturated carbocycles. The SMILES string of the molecule is NCC1(Sc2cccc(Cl)c2)CC2(CCCCCC2)C1. The second kappa shape index (κ2) is 5.90. The molecule has 0 heterocycles. The van der Waals surface area contributed by atoms with Crippen molar-refractivity contribution in [3.8, 4) is 0 Å². The summed E-state index contributed by atoms with van der Waals surface area (Å²) in [6.45, 7) is 0.784. The van der Waals surface area contributed by atoms with E-state index in [1.807, 2.05) is 23.9 Å². The highest BCUT2D eigenvalue weighted by Gasteiger charge is 2.53. The lowest BCUT2D eigenvalue weighted by Gasteiger charge is -2.56. The zero-order valence-corrected chi connectivity index (χ0v) is 13.6. The van der Waals surface area contributed by atoms with E-state index in [0.29, 0.717) is 5.41 Å². The molecule has 1 aromatic rings. The predicted molar refractivity (Wildman–Crippen MR) is 88.5 cm³/mol. The summed E-state index contributed by atoms with van der Waals surface area (Å²) in [6, 6.07) is 8.21. The molecule has 1 aromatic carbocycles. The highest BCUT2D eigenvalue weighted by molar-refractivity contribution is 8.00. The summed E-state index contributed by atoms with van der Waals surface area (Å²) < 4.78 is 0.259. The molecule has 2 aliphatic rings. The topological polar surface area (TPSA) is 26.0 Å². The maximum atomic E-state index is 6.13. The Morgan fingerprint density at radius 2 is 1.80 bits per heavy atom. The average Bonchev–Trinajstić information content (AvgIpc) is 2.63. The Hall–Kier alpha value is -0.180. The van der Waals surface area contributed by atoms with E-state index in [1.165, 1.54) is 56.3 Å². The van der Waals surface area contributed by atoms with E-state index in [4.69, 9.17) is 17.3 Å². The molecule has 2 fully saturated rings. The molecule has 2 N–H and O–H groups in total. The lowest BCUT2D eigenvalue weighted by Crippen LogP contribution is -2.53. The average molecular weight is 310 g/mol. The molecule has 0 atom stereocenters. The van der Waals surface area contributed by atoms with Gasteiger partial charge in [-0.25, -0.2) is 0 Å². The minimum atomic E-state index is 0.259. The summed E-state index contributed by atoms with van der Waals surface area (Å²) in [5, 5.41) is 0.825. The van der Waals surface area contributed by atoms with Gasteiger partial charge in [0.1, 0.15) is 0 Å². The van der Waals surface area contributed by atoms with Crippen molar-refractivity contribution < 1.29 is 0 Å². The van der Waals surface area contributed by atoms with Gasteiger partial charge in [-0.15, -0.1) is 11.8 Å². The van der Waals surface area contributed by atoms with Gasteiger partial charge in [0.2, 0.25) is 0 Å². The van der Waals surface area contributed by atoms with E-state index in [1.54, 1.807) is 0 Å². The minimum Gasteiger partial charge on any atom is -0.329 e. The van der Waals surface area contributed by atoms with E-state index in [-0.39, 0.29) is 4.75 Å². The lowest BCUT2D eigenvalue weighted by atomic mass is 9.58. The van der Waals surface area contributed by atoms with Crippen LogP contribution in [0.15, 0.2) is 29.2 Å². The molecule has 0 bridgehead atoms. The zero-order valence-electron chi connectivity index (χ0n) is 12.0. The largest absolute Gasteiger partial charge is 0.329 e. The van der Waals surface area contributed by atoms with Crippen molar-refractivity contribution in [1.82, 2.24) is 0 Å². The Morgan fingerprint density at radius 1 is 1.10 bits per heavy atom. The van der Waals surface area contributed by atoms with Crippen molar-refractivity contribution in [2.24, 2.45) is 11.1 Å². The number of benzene rings is 1. The minimum absolute atomic E-state index is 0.259. The third kappa shape index (κ3) is 3.03. The van der Waals surface area contributed by atoms with Gasteiger partial charge in [0, 0.05) is 21.2 Å². The van der Waals surface area contributed by atoms with Crippen LogP contribution in [-0.4, -0.2) is 11.3 Å².